The zero-order valence-electron chi connectivity index (χ0n) is 15.6. The van der Waals surface area contributed by atoms with E-state index in [4.69, 9.17) is 0 Å². The van der Waals surface area contributed by atoms with Gasteiger partial charge in [-0.25, -0.2) is 4.98 Å². The number of hydrogen-bond donors (Lipinski definition) is 2. The topological polar surface area (TPSA) is 74.8 Å². The van der Waals surface area contributed by atoms with Crippen LogP contribution in [0.1, 0.15) is 29.3 Å². The number of fused-ring (bicyclic) bond motifs is 3. The zero-order valence-corrected chi connectivity index (χ0v) is 19.4. The lowest BCUT2D eigenvalue weighted by Gasteiger charge is -2.17. The third kappa shape index (κ3) is 4.13. The van der Waals surface area contributed by atoms with Crippen LogP contribution in [0.15, 0.2) is 28.2 Å². The lowest BCUT2D eigenvalue weighted by atomic mass is 9.89. The van der Waals surface area contributed by atoms with Crippen molar-refractivity contribution in [2.75, 3.05) is 11.1 Å². The Morgan fingerprint density at radius 2 is 2.29 bits per heavy atom. The summed E-state index contributed by atoms with van der Waals surface area (Å²) < 4.78 is 1.13. The van der Waals surface area contributed by atoms with Gasteiger partial charge in [-0.15, -0.1) is 11.3 Å². The van der Waals surface area contributed by atoms with Crippen LogP contribution in [0.2, 0.25) is 0 Å². The van der Waals surface area contributed by atoms with Crippen LogP contribution in [0.3, 0.4) is 0 Å². The van der Waals surface area contributed by atoms with Gasteiger partial charge in [-0.2, -0.15) is 0 Å². The first-order chi connectivity index (χ1) is 13.4. The number of halogens is 1. The Bertz CT molecular complexity index is 1120. The number of rotatable bonds is 4. The number of aromatic nitrogens is 2. The second-order valence-corrected chi connectivity index (χ2v) is 10.5. The molecule has 0 saturated heterocycles. The highest BCUT2D eigenvalue weighted by atomic mass is 127. The number of carbonyl (C=O) groups excluding carboxylic acids is 1. The van der Waals surface area contributed by atoms with Gasteiger partial charge in [0.25, 0.3) is 5.56 Å². The Hall–Kier alpha value is -1.39. The number of aromatic amines is 1. The molecule has 1 aromatic carbocycles. The first kappa shape index (κ1) is 19.9. The molecule has 3 aromatic rings. The van der Waals surface area contributed by atoms with Gasteiger partial charge in [-0.1, -0.05) is 18.7 Å². The third-order valence-corrected chi connectivity index (χ3v) is 7.64. The summed E-state index contributed by atoms with van der Waals surface area (Å²) in [7, 11) is 0. The minimum absolute atomic E-state index is 0.0894. The summed E-state index contributed by atoms with van der Waals surface area (Å²) in [4.78, 5) is 34.5. The Labute approximate surface area is 184 Å². The maximum atomic E-state index is 12.6. The number of amides is 1. The lowest BCUT2D eigenvalue weighted by Crippen LogP contribution is -2.16. The van der Waals surface area contributed by atoms with Gasteiger partial charge in [0.2, 0.25) is 5.91 Å². The molecule has 4 rings (SSSR count). The van der Waals surface area contributed by atoms with E-state index in [9.17, 15) is 9.59 Å². The van der Waals surface area contributed by atoms with E-state index in [0.717, 1.165) is 44.3 Å². The number of hydrogen-bond acceptors (Lipinski definition) is 5. The van der Waals surface area contributed by atoms with E-state index in [1.807, 2.05) is 25.1 Å². The molecule has 8 heteroatoms. The summed E-state index contributed by atoms with van der Waals surface area (Å²) in [5.74, 6) is 0.736. The van der Waals surface area contributed by atoms with E-state index in [1.54, 1.807) is 11.3 Å². The van der Waals surface area contributed by atoms with Crippen molar-refractivity contribution in [1.29, 1.82) is 0 Å². The van der Waals surface area contributed by atoms with Crippen molar-refractivity contribution in [3.8, 4) is 0 Å². The number of thiophene rings is 1. The molecule has 1 amide bonds. The molecule has 0 fully saturated rings. The van der Waals surface area contributed by atoms with E-state index in [2.05, 4.69) is 44.8 Å². The van der Waals surface area contributed by atoms with Crippen molar-refractivity contribution >= 4 is 67.5 Å². The van der Waals surface area contributed by atoms with E-state index in [0.29, 0.717) is 11.1 Å². The van der Waals surface area contributed by atoms with Gasteiger partial charge in [0, 0.05) is 14.1 Å². The van der Waals surface area contributed by atoms with Gasteiger partial charge in [-0.3, -0.25) is 9.59 Å². The molecule has 0 saturated carbocycles. The number of anilines is 1. The Kier molecular flexibility index (Phi) is 5.80. The molecule has 5 nitrogen and oxygen atoms in total. The normalized spacial score (nSPS) is 16.2. The van der Waals surface area contributed by atoms with Crippen LogP contribution < -0.4 is 10.9 Å². The van der Waals surface area contributed by atoms with Crippen LogP contribution in [-0.4, -0.2) is 21.6 Å². The van der Waals surface area contributed by atoms with Gasteiger partial charge in [0.05, 0.1) is 11.1 Å². The quantitative estimate of drug-likeness (QED) is 0.293. The van der Waals surface area contributed by atoms with Gasteiger partial charge in [0.15, 0.2) is 5.16 Å². The van der Waals surface area contributed by atoms with Crippen LogP contribution in [0.5, 0.6) is 0 Å². The summed E-state index contributed by atoms with van der Waals surface area (Å²) in [5.41, 5.74) is 2.92. The minimum atomic E-state index is -0.114. The highest BCUT2D eigenvalue weighted by molar-refractivity contribution is 14.1. The molecule has 0 bridgehead atoms. The van der Waals surface area contributed by atoms with E-state index < -0.39 is 0 Å². The maximum Gasteiger partial charge on any atom is 0.260 e. The predicted octanol–water partition coefficient (Wildman–Crippen LogP) is 4.75. The number of nitrogens with one attached hydrogen (secondary N) is 2. The summed E-state index contributed by atoms with van der Waals surface area (Å²) in [6, 6.07) is 5.89. The number of H-pyrrole nitrogens is 1. The molecule has 2 aromatic heterocycles. The molecule has 146 valence electrons. The highest BCUT2D eigenvalue weighted by Gasteiger charge is 2.23. The van der Waals surface area contributed by atoms with Crippen LogP contribution in [0, 0.1) is 16.4 Å². The largest absolute Gasteiger partial charge is 0.325 e. The molecule has 2 N–H and O–H groups in total. The monoisotopic (exact) mass is 525 g/mol. The number of nitrogens with zero attached hydrogens (tertiary/aromatic N) is 1. The summed E-state index contributed by atoms with van der Waals surface area (Å²) in [6.07, 6.45) is 3.09. The molecule has 0 aliphatic heterocycles. The van der Waals surface area contributed by atoms with Crippen molar-refractivity contribution in [3.05, 3.63) is 48.1 Å². The first-order valence-corrected chi connectivity index (χ1v) is 12.0. The molecule has 0 spiro atoms. The Morgan fingerprint density at radius 3 is 3.07 bits per heavy atom. The SMILES string of the molecule is Cc1cc(I)ccc1NC(=O)CSc1nc2sc3c(c2c(=O)[nH]1)CCC(C)C3. The standard InChI is InChI=1S/C20H20IN3O2S2/c1-10-3-5-13-15(7-10)28-19-17(13)18(26)23-20(24-19)27-9-16(25)22-14-6-4-12(21)8-11(14)2/h4,6,8,10H,3,5,7,9H2,1-2H3,(H,22,25)(H,23,24,26). The number of thioether (sulfide) groups is 1. The average Bonchev–Trinajstić information content (AvgIpc) is 3.00. The molecule has 0 radical (unpaired) electrons. The third-order valence-electron chi connectivity index (χ3n) is 4.95. The van der Waals surface area contributed by atoms with Crippen LogP contribution >= 0.6 is 45.7 Å². The highest BCUT2D eigenvalue weighted by Crippen LogP contribution is 2.36. The molecule has 1 aliphatic carbocycles. The Balaban J connectivity index is 1.49. The molecule has 1 unspecified atom stereocenters. The van der Waals surface area contributed by atoms with Crippen LogP contribution in [0.4, 0.5) is 5.69 Å². The van der Waals surface area contributed by atoms with E-state index in [-0.39, 0.29) is 17.2 Å². The smallest absolute Gasteiger partial charge is 0.260 e. The van der Waals surface area contributed by atoms with Crippen LogP contribution in [-0.2, 0) is 17.6 Å². The van der Waals surface area contributed by atoms with Crippen molar-refractivity contribution in [2.24, 2.45) is 5.92 Å². The van der Waals surface area contributed by atoms with Crippen molar-refractivity contribution in [2.45, 2.75) is 38.3 Å². The number of carbonyl (C=O) groups is 1. The molecule has 1 atom stereocenters. The van der Waals surface area contributed by atoms with Crippen LogP contribution in [0.25, 0.3) is 10.2 Å². The van der Waals surface area contributed by atoms with Gasteiger partial charge in [-0.05, 0) is 84.0 Å². The minimum Gasteiger partial charge on any atom is -0.325 e. The van der Waals surface area contributed by atoms with Gasteiger partial charge >= 0.3 is 0 Å². The van der Waals surface area contributed by atoms with Crippen molar-refractivity contribution in [3.63, 3.8) is 0 Å². The summed E-state index contributed by atoms with van der Waals surface area (Å²) in [6.45, 7) is 4.22. The summed E-state index contributed by atoms with van der Waals surface area (Å²) in [5, 5.41) is 4.17. The summed E-state index contributed by atoms with van der Waals surface area (Å²) >= 11 is 5.13. The van der Waals surface area contributed by atoms with Crippen molar-refractivity contribution in [1.82, 2.24) is 9.97 Å². The van der Waals surface area contributed by atoms with Gasteiger partial charge < -0.3 is 10.3 Å². The molecule has 2 heterocycles. The predicted molar refractivity (Wildman–Crippen MR) is 125 cm³/mol. The number of benzene rings is 1. The lowest BCUT2D eigenvalue weighted by molar-refractivity contribution is -0.113. The fourth-order valence-corrected chi connectivity index (χ4v) is 6.23. The average molecular weight is 525 g/mol. The first-order valence-electron chi connectivity index (χ1n) is 9.14. The number of aryl methyl sites for hydroxylation is 2. The molecular weight excluding hydrogens is 505 g/mol. The second-order valence-electron chi connectivity index (χ2n) is 7.20. The Morgan fingerprint density at radius 1 is 1.46 bits per heavy atom. The van der Waals surface area contributed by atoms with E-state index in [1.165, 1.54) is 22.2 Å². The maximum absolute atomic E-state index is 12.6. The molecule has 28 heavy (non-hydrogen) atoms. The fraction of sp³-hybridized carbons (Fsp3) is 0.350. The fourth-order valence-electron chi connectivity index (χ4n) is 3.48. The molecular formula is C20H20IN3O2S2. The molecule has 1 aliphatic rings. The second kappa shape index (κ2) is 8.16. The van der Waals surface area contributed by atoms with Gasteiger partial charge in [0.1, 0.15) is 4.83 Å². The van der Waals surface area contributed by atoms with E-state index >= 15 is 0 Å². The zero-order chi connectivity index (χ0) is 19.8. The van der Waals surface area contributed by atoms with Crippen molar-refractivity contribution < 1.29 is 4.79 Å².